The second kappa shape index (κ2) is 3.32. The van der Waals surface area contributed by atoms with E-state index in [0.717, 1.165) is 6.42 Å². The van der Waals surface area contributed by atoms with Crippen molar-refractivity contribution in [2.45, 2.75) is 25.7 Å². The van der Waals surface area contributed by atoms with E-state index >= 15 is 0 Å². The van der Waals surface area contributed by atoms with Crippen molar-refractivity contribution < 1.29 is 0 Å². The van der Waals surface area contributed by atoms with Crippen molar-refractivity contribution in [2.24, 2.45) is 0 Å². The Labute approximate surface area is 56.6 Å². The summed E-state index contributed by atoms with van der Waals surface area (Å²) in [6.07, 6.45) is 9.31. The molecule has 0 aromatic rings. The molecule has 48 valence electrons. The van der Waals surface area contributed by atoms with Crippen LogP contribution in [0.3, 0.4) is 0 Å². The Morgan fingerprint density at radius 2 is 2.67 bits per heavy atom. The average molecular weight is 120 g/mol. The van der Waals surface area contributed by atoms with Crippen LogP contribution in [0.4, 0.5) is 0 Å². The third kappa shape index (κ3) is 1.91. The Hall–Kier alpha value is -0.740. The van der Waals surface area contributed by atoms with Gasteiger partial charge in [0.25, 0.3) is 0 Å². The zero-order valence-electron chi connectivity index (χ0n) is 5.69. The summed E-state index contributed by atoms with van der Waals surface area (Å²) in [7, 11) is 0. The summed E-state index contributed by atoms with van der Waals surface area (Å²) < 4.78 is 0. The molecule has 0 unspecified atom stereocenters. The first kappa shape index (κ1) is 6.38. The highest BCUT2D eigenvalue weighted by atomic mass is 14.1. The summed E-state index contributed by atoms with van der Waals surface area (Å²) in [4.78, 5) is 0. The molecule has 0 bridgehead atoms. The Morgan fingerprint density at radius 1 is 1.78 bits per heavy atom. The zero-order valence-corrected chi connectivity index (χ0v) is 5.69. The first-order chi connectivity index (χ1) is 4.43. The van der Waals surface area contributed by atoms with Gasteiger partial charge < -0.3 is 0 Å². The van der Waals surface area contributed by atoms with Crippen LogP contribution < -0.4 is 0 Å². The van der Waals surface area contributed by atoms with E-state index in [4.69, 9.17) is 0 Å². The van der Waals surface area contributed by atoms with Crippen LogP contribution in [0.25, 0.3) is 0 Å². The minimum absolute atomic E-state index is 1.07. The molecular formula is C9H12. The van der Waals surface area contributed by atoms with E-state index in [1.54, 1.807) is 5.57 Å². The fraction of sp³-hybridized carbons (Fsp3) is 0.444. The molecule has 0 nitrogen and oxygen atoms in total. The molecule has 0 atom stereocenters. The summed E-state index contributed by atoms with van der Waals surface area (Å²) in [6.45, 7) is 3.51. The Balaban J connectivity index is 2.34. The molecule has 1 aliphatic carbocycles. The molecular weight excluding hydrogens is 108 g/mol. The molecule has 1 aliphatic rings. The summed E-state index contributed by atoms with van der Waals surface area (Å²) in [5, 5.41) is 0. The van der Waals surface area contributed by atoms with Gasteiger partial charge in [0.2, 0.25) is 0 Å². The van der Waals surface area contributed by atoms with Gasteiger partial charge in [-0.2, -0.15) is 0 Å². The third-order valence-electron chi connectivity index (χ3n) is 1.64. The molecule has 0 aromatic carbocycles. The second-order valence-corrected chi connectivity index (χ2v) is 2.37. The molecule has 1 rings (SSSR count). The maximum absolute atomic E-state index is 3.51. The molecule has 9 heavy (non-hydrogen) atoms. The van der Waals surface area contributed by atoms with E-state index in [1.165, 1.54) is 19.3 Å². The van der Waals surface area contributed by atoms with Crippen LogP contribution >= 0.6 is 0 Å². The quantitative estimate of drug-likeness (QED) is 0.388. The number of allylic oxidation sites excluding steroid dienone is 3. The lowest BCUT2D eigenvalue weighted by atomic mass is 10.2. The zero-order chi connectivity index (χ0) is 6.53. The van der Waals surface area contributed by atoms with Crippen molar-refractivity contribution >= 4 is 0 Å². The lowest BCUT2D eigenvalue weighted by molar-refractivity contribution is 0.893. The van der Waals surface area contributed by atoms with E-state index < -0.39 is 0 Å². The van der Waals surface area contributed by atoms with Gasteiger partial charge in [-0.3, -0.25) is 0 Å². The molecule has 0 aromatic heterocycles. The highest BCUT2D eigenvalue weighted by Crippen LogP contribution is 2.20. The molecule has 0 amide bonds. The van der Waals surface area contributed by atoms with Crippen LogP contribution in [-0.4, -0.2) is 0 Å². The summed E-state index contributed by atoms with van der Waals surface area (Å²) in [5.74, 6) is 0. The van der Waals surface area contributed by atoms with Crippen molar-refractivity contribution in [1.82, 2.24) is 0 Å². The van der Waals surface area contributed by atoms with Gasteiger partial charge in [-0.05, 0) is 31.8 Å². The van der Waals surface area contributed by atoms with Crippen LogP contribution in [0.2, 0.25) is 0 Å². The van der Waals surface area contributed by atoms with Gasteiger partial charge in [0.15, 0.2) is 0 Å². The fourth-order valence-corrected chi connectivity index (χ4v) is 1.13. The summed E-state index contributed by atoms with van der Waals surface area (Å²) in [5.41, 5.74) is 4.34. The minimum atomic E-state index is 1.07. The molecule has 0 radical (unpaired) electrons. The third-order valence-corrected chi connectivity index (χ3v) is 1.64. The fourth-order valence-electron chi connectivity index (χ4n) is 1.13. The molecule has 0 saturated heterocycles. The monoisotopic (exact) mass is 120 g/mol. The van der Waals surface area contributed by atoms with E-state index in [1.807, 2.05) is 6.08 Å². The summed E-state index contributed by atoms with van der Waals surface area (Å²) >= 11 is 0. The molecule has 0 heterocycles. The average Bonchev–Trinajstić information content (AvgIpc) is 2.34. The lowest BCUT2D eigenvalue weighted by Gasteiger charge is -1.90. The largest absolute Gasteiger partial charge is 0.133 e. The second-order valence-electron chi connectivity index (χ2n) is 2.37. The van der Waals surface area contributed by atoms with E-state index in [0.29, 0.717) is 0 Å². The summed E-state index contributed by atoms with van der Waals surface area (Å²) in [6, 6.07) is 0. The van der Waals surface area contributed by atoms with Crippen molar-refractivity contribution in [3.8, 4) is 0 Å². The SMILES string of the molecule is C=C=CCC1=CCCC1. The van der Waals surface area contributed by atoms with Gasteiger partial charge >= 0.3 is 0 Å². The van der Waals surface area contributed by atoms with Crippen LogP contribution in [0, 0.1) is 0 Å². The van der Waals surface area contributed by atoms with Gasteiger partial charge in [-0.25, -0.2) is 0 Å². The van der Waals surface area contributed by atoms with Gasteiger partial charge in [0.1, 0.15) is 0 Å². The van der Waals surface area contributed by atoms with Gasteiger partial charge in [0, 0.05) is 0 Å². The van der Waals surface area contributed by atoms with E-state index in [2.05, 4.69) is 18.4 Å². The van der Waals surface area contributed by atoms with Crippen LogP contribution in [-0.2, 0) is 0 Å². The minimum Gasteiger partial charge on any atom is -0.133 e. The van der Waals surface area contributed by atoms with Gasteiger partial charge in [-0.15, -0.1) is 5.73 Å². The molecule has 0 saturated carbocycles. The first-order valence-electron chi connectivity index (χ1n) is 3.45. The van der Waals surface area contributed by atoms with E-state index in [9.17, 15) is 0 Å². The van der Waals surface area contributed by atoms with Crippen molar-refractivity contribution in [2.75, 3.05) is 0 Å². The molecule has 0 aliphatic heterocycles. The Kier molecular flexibility index (Phi) is 2.35. The number of hydrogen-bond acceptors (Lipinski definition) is 0. The number of rotatable bonds is 2. The maximum Gasteiger partial charge on any atom is -0.00628 e. The highest BCUT2D eigenvalue weighted by Gasteiger charge is 2.00. The Bertz CT molecular complexity index is 157. The molecule has 0 N–H and O–H groups in total. The Morgan fingerprint density at radius 3 is 3.22 bits per heavy atom. The van der Waals surface area contributed by atoms with Crippen molar-refractivity contribution in [3.63, 3.8) is 0 Å². The van der Waals surface area contributed by atoms with Crippen LogP contribution in [0.1, 0.15) is 25.7 Å². The van der Waals surface area contributed by atoms with Gasteiger partial charge in [-0.1, -0.05) is 18.2 Å². The highest BCUT2D eigenvalue weighted by molar-refractivity contribution is 5.10. The lowest BCUT2D eigenvalue weighted by Crippen LogP contribution is -1.71. The predicted molar refractivity (Wildman–Crippen MR) is 40.3 cm³/mol. The van der Waals surface area contributed by atoms with Crippen LogP contribution in [0.5, 0.6) is 0 Å². The number of hydrogen-bond donors (Lipinski definition) is 0. The molecule has 0 fully saturated rings. The normalized spacial score (nSPS) is 16.7. The predicted octanol–water partition coefficient (Wildman–Crippen LogP) is 2.83. The maximum atomic E-state index is 3.51. The standard InChI is InChI=1S/C9H12/c1-2-3-6-9-7-4-5-8-9/h3,7H,1,4-6,8H2. The van der Waals surface area contributed by atoms with Crippen LogP contribution in [0.15, 0.2) is 30.0 Å². The molecule has 0 heteroatoms. The topological polar surface area (TPSA) is 0 Å². The van der Waals surface area contributed by atoms with E-state index in [-0.39, 0.29) is 0 Å². The van der Waals surface area contributed by atoms with Crippen molar-refractivity contribution in [3.05, 3.63) is 30.0 Å². The van der Waals surface area contributed by atoms with Crippen molar-refractivity contribution in [1.29, 1.82) is 0 Å². The smallest absolute Gasteiger partial charge is 0.00628 e. The van der Waals surface area contributed by atoms with Gasteiger partial charge in [0.05, 0.1) is 0 Å². The first-order valence-corrected chi connectivity index (χ1v) is 3.45. The molecule has 0 spiro atoms.